The van der Waals surface area contributed by atoms with E-state index in [1.807, 2.05) is 0 Å². The molecule has 4 saturated carbocycles. The number of hydrogen-bond acceptors (Lipinski definition) is 3. The molecule has 8 unspecified atom stereocenters. The molecule has 31 heavy (non-hydrogen) atoms. The van der Waals surface area contributed by atoms with E-state index in [2.05, 4.69) is 19.2 Å². The summed E-state index contributed by atoms with van der Waals surface area (Å²) in [6.07, 6.45) is 16.3. The van der Waals surface area contributed by atoms with Crippen molar-refractivity contribution in [2.24, 2.45) is 40.4 Å². The Bertz CT molecular complexity index is 680. The van der Waals surface area contributed by atoms with Gasteiger partial charge in [-0.1, -0.05) is 26.7 Å². The number of fused-ring (bicyclic) bond motifs is 5. The minimum Gasteiger partial charge on any atom is -0.480 e. The third-order valence-corrected chi connectivity index (χ3v) is 10.6. The fraction of sp³-hybridized carbons (Fsp3) is 0.923. The van der Waals surface area contributed by atoms with Gasteiger partial charge in [0.25, 0.3) is 0 Å². The summed E-state index contributed by atoms with van der Waals surface area (Å²) in [6.45, 7) is 4.62. The van der Waals surface area contributed by atoms with Crippen LogP contribution in [0.1, 0.15) is 97.3 Å². The van der Waals surface area contributed by atoms with Crippen molar-refractivity contribution in [2.75, 3.05) is 6.61 Å². The van der Waals surface area contributed by atoms with E-state index in [1.165, 1.54) is 64.2 Å². The molecule has 4 rings (SSSR count). The van der Waals surface area contributed by atoms with Crippen molar-refractivity contribution < 1.29 is 19.8 Å². The van der Waals surface area contributed by atoms with Gasteiger partial charge in [0.2, 0.25) is 5.91 Å². The number of aliphatic hydroxyl groups excluding tert-OH is 1. The highest BCUT2D eigenvalue weighted by Crippen LogP contribution is 2.67. The quantitative estimate of drug-likeness (QED) is 0.540. The summed E-state index contributed by atoms with van der Waals surface area (Å²) in [4.78, 5) is 23.1. The lowest BCUT2D eigenvalue weighted by Gasteiger charge is -2.60. The average molecular weight is 434 g/mol. The zero-order valence-corrected chi connectivity index (χ0v) is 19.6. The number of hydrogen-bond donors (Lipinski definition) is 3. The topological polar surface area (TPSA) is 86.6 Å². The highest BCUT2D eigenvalue weighted by atomic mass is 16.4. The minimum atomic E-state index is -1.19. The molecule has 0 aromatic heterocycles. The second kappa shape index (κ2) is 9.03. The Balaban J connectivity index is 1.34. The standard InChI is InChI=1S/C26H43NO4/c1-25-14-4-3-6-17(25)9-11-19-20-12-10-18(26(20,2)15-13-21(19)25)7-5-8-23(29)27-22(16-28)24(30)31/h17-22,28H,3-16H2,1-2H3,(H,27,29)(H,30,31). The van der Waals surface area contributed by atoms with E-state index in [9.17, 15) is 9.59 Å². The third kappa shape index (κ3) is 4.16. The number of carboxylic acid groups (broad SMARTS) is 1. The molecule has 0 spiro atoms. The van der Waals surface area contributed by atoms with Gasteiger partial charge in [0.15, 0.2) is 0 Å². The van der Waals surface area contributed by atoms with Crippen molar-refractivity contribution in [3.8, 4) is 0 Å². The lowest BCUT2D eigenvalue weighted by molar-refractivity contribution is -0.143. The van der Waals surface area contributed by atoms with Crippen LogP contribution in [0, 0.1) is 40.4 Å². The lowest BCUT2D eigenvalue weighted by Crippen LogP contribution is -2.52. The number of carboxylic acids is 1. The van der Waals surface area contributed by atoms with Crippen molar-refractivity contribution in [1.82, 2.24) is 5.32 Å². The van der Waals surface area contributed by atoms with Crippen LogP contribution in [0.5, 0.6) is 0 Å². The molecule has 0 aromatic carbocycles. The first-order valence-corrected chi connectivity index (χ1v) is 12.9. The number of carbonyl (C=O) groups is 2. The van der Waals surface area contributed by atoms with Gasteiger partial charge in [-0.05, 0) is 105 Å². The molecule has 0 radical (unpaired) electrons. The van der Waals surface area contributed by atoms with Crippen LogP contribution in [0.4, 0.5) is 0 Å². The second-order valence-corrected chi connectivity index (χ2v) is 11.8. The van der Waals surface area contributed by atoms with Crippen LogP contribution in [0.2, 0.25) is 0 Å². The molecule has 0 saturated heterocycles. The van der Waals surface area contributed by atoms with Crippen LogP contribution in [0.25, 0.3) is 0 Å². The summed E-state index contributed by atoms with van der Waals surface area (Å²) in [5.74, 6) is 2.92. The molecule has 1 amide bonds. The minimum absolute atomic E-state index is 0.256. The first kappa shape index (κ1) is 23.1. The number of rotatable bonds is 7. The molecule has 3 N–H and O–H groups in total. The SMILES string of the molecule is CC12CCCCC1CCC1C2CCC2(C)C(CCCC(=O)NC(CO)C(=O)O)CCC12. The largest absolute Gasteiger partial charge is 0.480 e. The van der Waals surface area contributed by atoms with Gasteiger partial charge in [0, 0.05) is 6.42 Å². The van der Waals surface area contributed by atoms with Gasteiger partial charge in [0.05, 0.1) is 6.61 Å². The van der Waals surface area contributed by atoms with E-state index in [-0.39, 0.29) is 5.91 Å². The zero-order valence-electron chi connectivity index (χ0n) is 19.6. The van der Waals surface area contributed by atoms with Gasteiger partial charge in [-0.3, -0.25) is 4.79 Å². The molecule has 0 aliphatic heterocycles. The van der Waals surface area contributed by atoms with Crippen molar-refractivity contribution in [1.29, 1.82) is 0 Å². The highest BCUT2D eigenvalue weighted by Gasteiger charge is 2.59. The summed E-state index contributed by atoms with van der Waals surface area (Å²) in [5.41, 5.74) is 1.01. The fourth-order valence-electron chi connectivity index (χ4n) is 8.84. The van der Waals surface area contributed by atoms with E-state index in [4.69, 9.17) is 10.2 Å². The zero-order chi connectivity index (χ0) is 22.2. The molecule has 0 bridgehead atoms. The Hall–Kier alpha value is -1.10. The Morgan fingerprint density at radius 3 is 2.48 bits per heavy atom. The van der Waals surface area contributed by atoms with Crippen LogP contribution in [-0.2, 0) is 9.59 Å². The molecule has 5 heteroatoms. The predicted molar refractivity (Wildman–Crippen MR) is 120 cm³/mol. The molecule has 4 aliphatic carbocycles. The number of carbonyl (C=O) groups excluding carboxylic acids is 1. The average Bonchev–Trinajstić information content (AvgIpc) is 3.07. The molecular weight excluding hydrogens is 390 g/mol. The van der Waals surface area contributed by atoms with Crippen LogP contribution < -0.4 is 5.32 Å². The van der Waals surface area contributed by atoms with Gasteiger partial charge in [-0.25, -0.2) is 4.79 Å². The third-order valence-electron chi connectivity index (χ3n) is 10.6. The molecule has 0 aromatic rings. The Morgan fingerprint density at radius 2 is 1.74 bits per heavy atom. The monoisotopic (exact) mass is 433 g/mol. The maximum absolute atomic E-state index is 12.1. The predicted octanol–water partition coefficient (Wildman–Crippen LogP) is 4.77. The summed E-state index contributed by atoms with van der Waals surface area (Å²) < 4.78 is 0. The van der Waals surface area contributed by atoms with Crippen molar-refractivity contribution in [2.45, 2.75) is 103 Å². The molecule has 0 heterocycles. The van der Waals surface area contributed by atoms with Crippen LogP contribution >= 0.6 is 0 Å². The molecular formula is C26H43NO4. The van der Waals surface area contributed by atoms with Crippen LogP contribution in [0.15, 0.2) is 0 Å². The number of nitrogens with one attached hydrogen (secondary N) is 1. The van der Waals surface area contributed by atoms with Gasteiger partial charge in [-0.2, -0.15) is 0 Å². The van der Waals surface area contributed by atoms with Gasteiger partial charge >= 0.3 is 5.97 Å². The maximum atomic E-state index is 12.1. The molecule has 5 nitrogen and oxygen atoms in total. The van der Waals surface area contributed by atoms with E-state index < -0.39 is 18.6 Å². The summed E-state index contributed by atoms with van der Waals surface area (Å²) in [5, 5.41) is 20.5. The number of aliphatic carboxylic acids is 1. The fourth-order valence-corrected chi connectivity index (χ4v) is 8.84. The van der Waals surface area contributed by atoms with Gasteiger partial charge in [0.1, 0.15) is 6.04 Å². The molecule has 4 aliphatic rings. The van der Waals surface area contributed by atoms with E-state index in [0.29, 0.717) is 23.2 Å². The Labute approximate surface area is 187 Å². The normalized spacial score (nSPS) is 42.7. The van der Waals surface area contributed by atoms with Gasteiger partial charge in [-0.15, -0.1) is 0 Å². The number of aliphatic hydroxyl groups is 1. The Morgan fingerprint density at radius 1 is 0.968 bits per heavy atom. The second-order valence-electron chi connectivity index (χ2n) is 11.8. The van der Waals surface area contributed by atoms with Crippen molar-refractivity contribution in [3.05, 3.63) is 0 Å². The van der Waals surface area contributed by atoms with Crippen molar-refractivity contribution >= 4 is 11.9 Å². The molecule has 176 valence electrons. The van der Waals surface area contributed by atoms with E-state index in [1.54, 1.807) is 0 Å². The smallest absolute Gasteiger partial charge is 0.328 e. The van der Waals surface area contributed by atoms with E-state index >= 15 is 0 Å². The highest BCUT2D eigenvalue weighted by molar-refractivity contribution is 5.83. The first-order chi connectivity index (χ1) is 14.8. The Kier molecular flexibility index (Phi) is 6.72. The summed E-state index contributed by atoms with van der Waals surface area (Å²) >= 11 is 0. The summed E-state index contributed by atoms with van der Waals surface area (Å²) in [6, 6.07) is -1.19. The van der Waals surface area contributed by atoms with Crippen LogP contribution in [0.3, 0.4) is 0 Å². The summed E-state index contributed by atoms with van der Waals surface area (Å²) in [7, 11) is 0. The molecule has 8 atom stereocenters. The van der Waals surface area contributed by atoms with Crippen LogP contribution in [-0.4, -0.2) is 34.7 Å². The maximum Gasteiger partial charge on any atom is 0.328 e. The van der Waals surface area contributed by atoms with E-state index in [0.717, 1.165) is 36.5 Å². The van der Waals surface area contributed by atoms with Gasteiger partial charge < -0.3 is 15.5 Å². The first-order valence-electron chi connectivity index (χ1n) is 12.9. The lowest BCUT2D eigenvalue weighted by atomic mass is 9.45. The van der Waals surface area contributed by atoms with Crippen molar-refractivity contribution in [3.63, 3.8) is 0 Å². The number of amides is 1. The molecule has 4 fully saturated rings.